The second-order valence-electron chi connectivity index (χ2n) is 45.6. The van der Waals surface area contributed by atoms with E-state index in [1.165, 1.54) is 119 Å². The molecule has 10 aromatic rings. The van der Waals surface area contributed by atoms with E-state index in [2.05, 4.69) is 102 Å². The van der Waals surface area contributed by atoms with Gasteiger partial charge in [-0.05, 0) is 306 Å². The van der Waals surface area contributed by atoms with Gasteiger partial charge in [-0.2, -0.15) is 0 Å². The molecule has 15 nitrogen and oxygen atoms in total. The molecule has 17 atom stereocenters. The number of halogens is 10. The van der Waals surface area contributed by atoms with Gasteiger partial charge in [0.2, 0.25) is 29.5 Å². The fourth-order valence-electron chi connectivity index (χ4n) is 23.5. The lowest BCUT2D eigenvalue weighted by molar-refractivity contribution is -0.118. The molecule has 8 aliphatic carbocycles. The summed E-state index contributed by atoms with van der Waals surface area (Å²) in [7, 11) is 0. The van der Waals surface area contributed by atoms with Crippen LogP contribution in [0.5, 0.6) is 5.75 Å². The molecule has 18 rings (SSSR count). The normalized spacial score (nSPS) is 22.0. The van der Waals surface area contributed by atoms with Crippen LogP contribution in [0.15, 0.2) is 163 Å². The number of nitrogens with zero attached hydrogens (tertiary/aromatic N) is 3. The van der Waals surface area contributed by atoms with Crippen LogP contribution in [0.3, 0.4) is 0 Å². The number of ether oxygens (including phenoxy) is 1. The summed E-state index contributed by atoms with van der Waals surface area (Å²) >= 11 is 21.9. The number of hydrogen-bond acceptors (Lipinski definition) is 11. The first-order valence-corrected chi connectivity index (χ1v) is 55.2. The van der Waals surface area contributed by atoms with E-state index in [1.54, 1.807) is 97.8 Å². The highest BCUT2D eigenvalue weighted by Gasteiger charge is 2.43. The summed E-state index contributed by atoms with van der Waals surface area (Å²) in [4.78, 5) is 77.2. The number of anilines is 6. The van der Waals surface area contributed by atoms with E-state index in [9.17, 15) is 54.7 Å². The minimum atomic E-state index is -1.24. The second kappa shape index (κ2) is 49.8. The third kappa shape index (κ3) is 29.1. The van der Waals surface area contributed by atoms with E-state index in [-0.39, 0.29) is 128 Å². The van der Waals surface area contributed by atoms with Gasteiger partial charge in [-0.3, -0.25) is 38.9 Å². The number of aryl methyl sites for hydroxylation is 2. The van der Waals surface area contributed by atoms with Gasteiger partial charge in [0, 0.05) is 90.1 Å². The molecule has 0 aliphatic heterocycles. The molecule has 3 aromatic heterocycles. The number of thioether (sulfide) groups is 1. The van der Waals surface area contributed by atoms with Crippen molar-refractivity contribution in [1.29, 1.82) is 0 Å². The predicted octanol–water partition coefficient (Wildman–Crippen LogP) is 34.4. The van der Waals surface area contributed by atoms with Gasteiger partial charge in [0.05, 0.1) is 74.5 Å². The minimum absolute atomic E-state index is 0.0501. The number of alkyl halides is 5. The highest BCUT2D eigenvalue weighted by atomic mass is 35.5. The van der Waals surface area contributed by atoms with Crippen LogP contribution in [0.2, 0.25) is 0 Å². The molecule has 3 fully saturated rings. The lowest BCUT2D eigenvalue weighted by atomic mass is 9.83. The van der Waals surface area contributed by atoms with Crippen molar-refractivity contribution in [2.75, 3.05) is 31.9 Å². The average molecular weight is 2110 g/mol. The lowest BCUT2D eigenvalue weighted by Crippen LogP contribution is -2.20. The van der Waals surface area contributed by atoms with Gasteiger partial charge in [0.1, 0.15) is 53.3 Å². The van der Waals surface area contributed by atoms with Crippen molar-refractivity contribution in [3.63, 3.8) is 0 Å². The number of fused-ring (bicyclic) bond motifs is 5. The molecule has 0 radical (unpaired) electrons. The maximum absolute atomic E-state index is 14.7. The van der Waals surface area contributed by atoms with Crippen molar-refractivity contribution < 1.29 is 59.4 Å². The first-order chi connectivity index (χ1) is 70.2. The molecule has 0 spiro atoms. The Kier molecular flexibility index (Phi) is 38.1. The van der Waals surface area contributed by atoms with Crippen molar-refractivity contribution in [2.24, 2.45) is 52.3 Å². The van der Waals surface area contributed by atoms with Crippen molar-refractivity contribution in [3.8, 4) is 5.75 Å². The van der Waals surface area contributed by atoms with Crippen LogP contribution in [0, 0.1) is 123 Å². The molecule has 0 saturated heterocycles. The summed E-state index contributed by atoms with van der Waals surface area (Å²) in [6.07, 6.45) is 21.1. The Labute approximate surface area is 890 Å². The van der Waals surface area contributed by atoms with Gasteiger partial charge in [-0.1, -0.05) is 189 Å². The van der Waals surface area contributed by atoms with Crippen LogP contribution < -0.4 is 36.6 Å². The van der Waals surface area contributed by atoms with Gasteiger partial charge in [0.25, 0.3) is 0 Å². The molecule has 3 heterocycles. The molecule has 17 unspecified atom stereocenters. The van der Waals surface area contributed by atoms with Gasteiger partial charge in [-0.15, -0.1) is 46.6 Å². The number of amides is 5. The number of aromatic nitrogens is 3. The quantitative estimate of drug-likeness (QED) is 0.0222. The second-order valence-corrected chi connectivity index (χ2v) is 48.5. The van der Waals surface area contributed by atoms with Crippen LogP contribution in [-0.2, 0) is 24.0 Å². The Balaban J connectivity index is 0.000000146. The molecular formula is C122H147Cl3F7N9O6S. The van der Waals surface area contributed by atoms with Crippen LogP contribution in [0.25, 0.3) is 0 Å². The van der Waals surface area contributed by atoms with E-state index in [1.807, 2.05) is 93.5 Å². The Bertz CT molecular complexity index is 6310. The SMILES string of the molecule is Cc1c(NC(=O)CC(C)(C)C)cnc2c1C(F)CC2Oc1cccc(F)c1.Cc1c(NC(=O)CC(C)C2CCCC2)cnc2c1C(Cl)CC2C(C)c1cccc(F)c1.Cc1c(NC(=O)CC(C)C2CCCC2)cnc2c1C(Cl)CC2Sc1cccc(F)c1.Cc1cc(F)cc(C(C)C2CC(Cl)c3c2ccc(NC(=O)CC(C)C2CCC(C)C2)c3C)c1.Cc1cc2c(cc1NC(=O)CC(C)(C)C)C(F)CC2Nc1cccc(F)c1. The number of pyridine rings is 3. The van der Waals surface area contributed by atoms with Gasteiger partial charge < -0.3 is 36.6 Å². The zero-order valence-corrected chi connectivity index (χ0v) is 91.9. The Morgan fingerprint density at radius 2 is 0.899 bits per heavy atom. The van der Waals surface area contributed by atoms with E-state index < -0.39 is 24.3 Å². The number of rotatable bonds is 26. The van der Waals surface area contributed by atoms with Crippen LogP contribution in [-0.4, -0.2) is 44.5 Å². The Morgan fingerprint density at radius 1 is 0.419 bits per heavy atom. The van der Waals surface area contributed by atoms with E-state index in [4.69, 9.17) is 44.5 Å². The third-order valence-electron chi connectivity index (χ3n) is 31.5. The number of carbonyl (C=O) groups excluding carboxylic acids is 5. The summed E-state index contributed by atoms with van der Waals surface area (Å²) in [6, 6.07) is 38.2. The van der Waals surface area contributed by atoms with Crippen molar-refractivity contribution in [2.45, 2.75) is 334 Å². The number of nitrogens with one attached hydrogen (secondary N) is 6. The zero-order chi connectivity index (χ0) is 107. The van der Waals surface area contributed by atoms with Crippen molar-refractivity contribution >= 4 is 110 Å². The Morgan fingerprint density at radius 3 is 1.46 bits per heavy atom. The summed E-state index contributed by atoms with van der Waals surface area (Å²) in [5, 5.41) is 18.0. The summed E-state index contributed by atoms with van der Waals surface area (Å²) < 4.78 is 103. The molecule has 3 saturated carbocycles. The van der Waals surface area contributed by atoms with Crippen LogP contribution >= 0.6 is 46.6 Å². The molecule has 8 aliphatic rings. The third-order valence-corrected chi connectivity index (χ3v) is 33.9. The standard InChI is InChI=1S/C29H37ClFNO.C26H32ClFN2O.C24H28ClFN2OS.C22H26F2N2O.C21H24F2N2O2/c1-16-6-7-21(10-16)18(3)13-28(33)32-27-9-8-24-25(15-26(30)29(24)20(27)5)19(4)22-11-17(2)12-23(31)14-22;1-15(18-7-4-5-8-18)11-24(31)30-23-14-29-26-21(13-22(27)25(26)17(23)3)16(2)19-9-6-10-20(28)12-19;1-14(16-6-3-4-7-16)10-22(29)28-20-13-27-24-21(12-19(25)23(24)15(20)2)30-18-9-5-8-17(26)11-18;1-13-8-17-16(10-19(13)26-21(27)12-22(2,3)4)18(24)11-20(17)25-15-7-5-6-14(23)9-15;1-12-16(25-18(26)10-21(2,3)4)11-24-20-17(9-15(23)19(12)20)27-14-7-5-6-13(22)8-14/h8-9,11-12,14,16,18-19,21,25-26H,6-7,10,13,15H2,1-5H3,(H,32,33);6,9-10,12,14-16,18,21-22H,4-5,7-8,11,13H2,1-3H3,(H,30,31);5,8-9,11,13-14,16,19,21H,3-4,6-7,10,12H2,1-2H3,(H,28,29);5-10,18,20,25H,11-12H2,1-4H3,(H,26,27);5-8,11,15,17H,9-10H2,1-4H3,(H,25,26). The fraction of sp³-hybridized carbons (Fsp3) is 0.492. The van der Waals surface area contributed by atoms with Crippen LogP contribution in [0.1, 0.15) is 388 Å². The number of hydrogen-bond donors (Lipinski definition) is 6. The molecule has 792 valence electrons. The van der Waals surface area contributed by atoms with Gasteiger partial charge in [0.15, 0.2) is 0 Å². The van der Waals surface area contributed by atoms with E-state index >= 15 is 0 Å². The lowest BCUT2D eigenvalue weighted by Gasteiger charge is -2.22. The first kappa shape index (κ1) is 113. The molecule has 26 heteroatoms. The topological polar surface area (TPSA) is 205 Å². The van der Waals surface area contributed by atoms with Gasteiger partial charge in [-0.25, -0.2) is 30.7 Å². The average Bonchev–Trinajstić information content (AvgIpc) is 1.58. The number of carbonyl (C=O) groups is 5. The smallest absolute Gasteiger partial charge is 0.224 e. The van der Waals surface area contributed by atoms with Gasteiger partial charge >= 0.3 is 0 Å². The molecule has 5 amide bonds. The molecule has 148 heavy (non-hydrogen) atoms. The number of benzene rings is 7. The molecule has 7 aromatic carbocycles. The summed E-state index contributed by atoms with van der Waals surface area (Å²) in [5.41, 5.74) is 20.1. The predicted molar refractivity (Wildman–Crippen MR) is 586 cm³/mol. The fourth-order valence-corrected chi connectivity index (χ4v) is 26.2. The van der Waals surface area contributed by atoms with Crippen molar-refractivity contribution in [1.82, 2.24) is 15.0 Å². The zero-order valence-electron chi connectivity index (χ0n) is 88.8. The largest absolute Gasteiger partial charge is 0.484 e. The van der Waals surface area contributed by atoms with E-state index in [0.29, 0.717) is 113 Å². The maximum atomic E-state index is 14.7. The first-order valence-electron chi connectivity index (χ1n) is 53.0. The summed E-state index contributed by atoms with van der Waals surface area (Å²) in [5.74, 6) is 3.56. The molecule has 0 bridgehead atoms. The monoisotopic (exact) mass is 2100 g/mol. The highest BCUT2D eigenvalue weighted by Crippen LogP contribution is 2.57. The summed E-state index contributed by atoms with van der Waals surface area (Å²) in [6.45, 7) is 36.8. The van der Waals surface area contributed by atoms with Crippen LogP contribution in [0.4, 0.5) is 64.9 Å². The Hall–Kier alpha value is -10.3. The van der Waals surface area contributed by atoms with E-state index in [0.717, 1.165) is 120 Å². The molecular weight excluding hydrogens is 1960 g/mol. The minimum Gasteiger partial charge on any atom is -0.484 e. The highest BCUT2D eigenvalue weighted by molar-refractivity contribution is 7.99. The molecule has 6 N–H and O–H groups in total. The van der Waals surface area contributed by atoms with Crippen molar-refractivity contribution in [3.05, 3.63) is 288 Å². The maximum Gasteiger partial charge on any atom is 0.224 e.